The third-order valence-electron chi connectivity index (χ3n) is 5.27. The van der Waals surface area contributed by atoms with Gasteiger partial charge in [-0.05, 0) is 47.9 Å². The number of carbonyl (C=O) groups is 2. The lowest BCUT2D eigenvalue weighted by Gasteiger charge is -2.36. The van der Waals surface area contributed by atoms with Crippen LogP contribution >= 0.6 is 11.6 Å². The summed E-state index contributed by atoms with van der Waals surface area (Å²) in [5.41, 5.74) is 3.07. The van der Waals surface area contributed by atoms with Crippen molar-refractivity contribution in [2.45, 2.75) is 32.0 Å². The molecule has 1 aliphatic rings. The molecule has 1 aliphatic heterocycles. The topological polar surface area (TPSA) is 62.6 Å². The van der Waals surface area contributed by atoms with E-state index in [0.29, 0.717) is 18.0 Å². The van der Waals surface area contributed by atoms with Gasteiger partial charge in [0.15, 0.2) is 5.76 Å². The molecule has 0 saturated carbocycles. The molecule has 2 amide bonds. The lowest BCUT2D eigenvalue weighted by atomic mass is 9.93. The van der Waals surface area contributed by atoms with Gasteiger partial charge in [-0.3, -0.25) is 9.59 Å². The molecule has 2 aromatic carbocycles. The fraction of sp³-hybridized carbons (Fsp3) is 0.217. The smallest absolute Gasteiger partial charge is 0.290 e. The Hall–Kier alpha value is -3.05. The van der Waals surface area contributed by atoms with Crippen LogP contribution in [0, 0.1) is 0 Å². The van der Waals surface area contributed by atoms with Crippen molar-refractivity contribution in [1.82, 2.24) is 10.2 Å². The first-order chi connectivity index (χ1) is 14.0. The predicted octanol–water partition coefficient (Wildman–Crippen LogP) is 4.38. The Labute approximate surface area is 174 Å². The lowest BCUT2D eigenvalue weighted by molar-refractivity contribution is -0.126. The van der Waals surface area contributed by atoms with Crippen LogP contribution in [0.2, 0.25) is 5.02 Å². The van der Waals surface area contributed by atoms with Crippen molar-refractivity contribution in [3.8, 4) is 0 Å². The summed E-state index contributed by atoms with van der Waals surface area (Å²) in [6, 6.07) is 17.7. The monoisotopic (exact) mass is 408 g/mol. The van der Waals surface area contributed by atoms with Gasteiger partial charge in [0.2, 0.25) is 5.91 Å². The second-order valence-electron chi connectivity index (χ2n) is 7.18. The summed E-state index contributed by atoms with van der Waals surface area (Å²) in [5, 5.41) is 3.68. The van der Waals surface area contributed by atoms with E-state index < -0.39 is 6.04 Å². The normalized spacial score (nSPS) is 16.8. The van der Waals surface area contributed by atoms with Crippen LogP contribution in [-0.2, 0) is 17.8 Å². The SMILES string of the molecule is CC(NC(=O)C1Cc2ccccc2CN1C(=O)c1ccco1)c1ccc(Cl)cc1. The van der Waals surface area contributed by atoms with E-state index in [9.17, 15) is 9.59 Å². The van der Waals surface area contributed by atoms with Crippen LogP contribution < -0.4 is 5.32 Å². The molecule has 2 atom stereocenters. The fourth-order valence-corrected chi connectivity index (χ4v) is 3.78. The molecule has 0 saturated heterocycles. The molecule has 2 unspecified atom stereocenters. The molecule has 2 heterocycles. The quantitative estimate of drug-likeness (QED) is 0.696. The molecule has 4 rings (SSSR count). The molecular weight excluding hydrogens is 388 g/mol. The number of halogens is 1. The van der Waals surface area contributed by atoms with Crippen molar-refractivity contribution >= 4 is 23.4 Å². The Bertz CT molecular complexity index is 1010. The zero-order valence-electron chi connectivity index (χ0n) is 16.0. The third kappa shape index (κ3) is 4.05. The van der Waals surface area contributed by atoms with Gasteiger partial charge in [0.1, 0.15) is 6.04 Å². The van der Waals surface area contributed by atoms with Gasteiger partial charge in [0.05, 0.1) is 12.3 Å². The highest BCUT2D eigenvalue weighted by Gasteiger charge is 2.36. The largest absolute Gasteiger partial charge is 0.459 e. The maximum Gasteiger partial charge on any atom is 0.290 e. The molecule has 3 aromatic rings. The van der Waals surface area contributed by atoms with Gasteiger partial charge in [0.25, 0.3) is 5.91 Å². The predicted molar refractivity (Wildman–Crippen MR) is 111 cm³/mol. The first kappa shape index (κ1) is 19.3. The van der Waals surface area contributed by atoms with Crippen LogP contribution in [0.3, 0.4) is 0 Å². The summed E-state index contributed by atoms with van der Waals surface area (Å²) < 4.78 is 5.29. The summed E-state index contributed by atoms with van der Waals surface area (Å²) in [4.78, 5) is 27.8. The fourth-order valence-electron chi connectivity index (χ4n) is 3.66. The van der Waals surface area contributed by atoms with Crippen LogP contribution in [0.4, 0.5) is 0 Å². The number of hydrogen-bond donors (Lipinski definition) is 1. The first-order valence-electron chi connectivity index (χ1n) is 9.50. The van der Waals surface area contributed by atoms with E-state index in [-0.39, 0.29) is 23.6 Å². The average molecular weight is 409 g/mol. The molecule has 1 N–H and O–H groups in total. The Morgan fingerprint density at radius 3 is 2.48 bits per heavy atom. The Morgan fingerprint density at radius 2 is 1.79 bits per heavy atom. The molecule has 0 spiro atoms. The lowest BCUT2D eigenvalue weighted by Crippen LogP contribution is -2.52. The highest BCUT2D eigenvalue weighted by molar-refractivity contribution is 6.30. The maximum atomic E-state index is 13.2. The summed E-state index contributed by atoms with van der Waals surface area (Å²) in [5.74, 6) is -0.251. The molecular formula is C23H21ClN2O3. The molecule has 148 valence electrons. The number of nitrogens with zero attached hydrogens (tertiary/aromatic N) is 1. The Kier molecular flexibility index (Phi) is 5.41. The average Bonchev–Trinajstić information content (AvgIpc) is 3.27. The summed E-state index contributed by atoms with van der Waals surface area (Å²) in [6.07, 6.45) is 1.92. The Balaban J connectivity index is 1.58. The highest BCUT2D eigenvalue weighted by atomic mass is 35.5. The number of fused-ring (bicyclic) bond motifs is 1. The van der Waals surface area contributed by atoms with Gasteiger partial charge in [-0.25, -0.2) is 0 Å². The standard InChI is InChI=1S/C23H21ClN2O3/c1-15(16-8-10-19(24)11-9-16)25-22(27)20-13-17-5-2-3-6-18(17)14-26(20)23(28)21-7-4-12-29-21/h2-12,15,20H,13-14H2,1H3,(H,25,27). The number of rotatable bonds is 4. The molecule has 1 aromatic heterocycles. The molecule has 0 bridgehead atoms. The van der Waals surface area contributed by atoms with Crippen LogP contribution in [-0.4, -0.2) is 22.8 Å². The van der Waals surface area contributed by atoms with Crippen molar-refractivity contribution in [2.75, 3.05) is 0 Å². The van der Waals surface area contributed by atoms with E-state index >= 15 is 0 Å². The molecule has 5 nitrogen and oxygen atoms in total. The zero-order valence-corrected chi connectivity index (χ0v) is 16.7. The van der Waals surface area contributed by atoms with Crippen LogP contribution in [0.15, 0.2) is 71.3 Å². The minimum Gasteiger partial charge on any atom is -0.459 e. The van der Waals surface area contributed by atoms with Gasteiger partial charge in [-0.2, -0.15) is 0 Å². The molecule has 0 aliphatic carbocycles. The van der Waals surface area contributed by atoms with Gasteiger partial charge < -0.3 is 14.6 Å². The minimum atomic E-state index is -0.614. The van der Waals surface area contributed by atoms with Crippen molar-refractivity contribution in [3.63, 3.8) is 0 Å². The van der Waals surface area contributed by atoms with Crippen molar-refractivity contribution in [3.05, 3.63) is 94.4 Å². The number of amides is 2. The van der Waals surface area contributed by atoms with Crippen LogP contribution in [0.1, 0.15) is 40.2 Å². The molecule has 6 heteroatoms. The zero-order chi connectivity index (χ0) is 20.4. The first-order valence-corrected chi connectivity index (χ1v) is 9.88. The maximum absolute atomic E-state index is 13.2. The number of furan rings is 1. The number of benzene rings is 2. The van der Waals surface area contributed by atoms with E-state index in [0.717, 1.165) is 16.7 Å². The van der Waals surface area contributed by atoms with Gasteiger partial charge in [0, 0.05) is 18.0 Å². The van der Waals surface area contributed by atoms with Gasteiger partial charge in [-0.15, -0.1) is 0 Å². The van der Waals surface area contributed by atoms with Crippen LogP contribution in [0.5, 0.6) is 0 Å². The van der Waals surface area contributed by atoms with Gasteiger partial charge in [-0.1, -0.05) is 48.0 Å². The molecule has 0 radical (unpaired) electrons. The van der Waals surface area contributed by atoms with Crippen molar-refractivity contribution in [2.24, 2.45) is 0 Å². The summed E-state index contributed by atoms with van der Waals surface area (Å²) in [7, 11) is 0. The molecule has 0 fully saturated rings. The third-order valence-corrected chi connectivity index (χ3v) is 5.52. The molecule has 29 heavy (non-hydrogen) atoms. The number of carbonyl (C=O) groups excluding carboxylic acids is 2. The van der Waals surface area contributed by atoms with Crippen molar-refractivity contribution < 1.29 is 14.0 Å². The minimum absolute atomic E-state index is 0.193. The number of hydrogen-bond acceptors (Lipinski definition) is 3. The van der Waals surface area contributed by atoms with Crippen molar-refractivity contribution in [1.29, 1.82) is 0 Å². The van der Waals surface area contributed by atoms with E-state index in [1.54, 1.807) is 29.2 Å². The van der Waals surface area contributed by atoms with E-state index in [4.69, 9.17) is 16.0 Å². The van der Waals surface area contributed by atoms with E-state index in [1.165, 1.54) is 6.26 Å². The highest BCUT2D eigenvalue weighted by Crippen LogP contribution is 2.26. The Morgan fingerprint density at radius 1 is 1.07 bits per heavy atom. The summed E-state index contributed by atoms with van der Waals surface area (Å²) >= 11 is 5.95. The number of nitrogens with one attached hydrogen (secondary N) is 1. The van der Waals surface area contributed by atoms with E-state index in [1.807, 2.05) is 43.3 Å². The second-order valence-corrected chi connectivity index (χ2v) is 7.62. The van der Waals surface area contributed by atoms with E-state index in [2.05, 4.69) is 5.32 Å². The second kappa shape index (κ2) is 8.13. The van der Waals surface area contributed by atoms with Crippen LogP contribution in [0.25, 0.3) is 0 Å². The van der Waals surface area contributed by atoms with Gasteiger partial charge >= 0.3 is 0 Å². The summed E-state index contributed by atoms with van der Waals surface area (Å²) in [6.45, 7) is 2.28.